The van der Waals surface area contributed by atoms with Gasteiger partial charge in [-0.2, -0.15) is 18.2 Å². The van der Waals surface area contributed by atoms with Gasteiger partial charge in [0, 0.05) is 0 Å². The number of nitrogens with zero attached hydrogens (tertiary/aromatic N) is 1. The zero-order valence-electron chi connectivity index (χ0n) is 8.69. The van der Waals surface area contributed by atoms with Crippen LogP contribution in [0.4, 0.5) is 13.2 Å². The van der Waals surface area contributed by atoms with Gasteiger partial charge in [0.1, 0.15) is 5.52 Å². The summed E-state index contributed by atoms with van der Waals surface area (Å²) in [5.74, 6) is -1.17. The molecule has 0 atom stereocenters. The van der Waals surface area contributed by atoms with Gasteiger partial charge >= 0.3 is 18.2 Å². The highest BCUT2D eigenvalue weighted by Gasteiger charge is 2.29. The van der Waals surface area contributed by atoms with Crippen molar-refractivity contribution in [3.63, 3.8) is 0 Å². The third-order valence-corrected chi connectivity index (χ3v) is 1.98. The Hall–Kier alpha value is -2.25. The van der Waals surface area contributed by atoms with Gasteiger partial charge in [-0.25, -0.2) is 4.79 Å². The highest BCUT2D eigenvalue weighted by atomic mass is 19.4. The quantitative estimate of drug-likeness (QED) is 0.918. The highest BCUT2D eigenvalue weighted by Crippen LogP contribution is 2.23. The lowest BCUT2D eigenvalue weighted by atomic mass is 10.2. The number of fused-ring (bicyclic) bond motifs is 1. The summed E-state index contributed by atoms with van der Waals surface area (Å²) in [4.78, 5) is 14.3. The summed E-state index contributed by atoms with van der Waals surface area (Å²) in [5, 5.41) is 8.72. The molecule has 1 aromatic heterocycles. The average Bonchev–Trinajstić information content (AvgIpc) is 2.66. The summed E-state index contributed by atoms with van der Waals surface area (Å²) in [7, 11) is 0. The molecule has 1 N–H and O–H groups in total. The molecule has 0 radical (unpaired) electrons. The van der Waals surface area contributed by atoms with Crippen molar-refractivity contribution < 1.29 is 32.2 Å². The molecule has 0 aliphatic rings. The molecule has 18 heavy (non-hydrogen) atoms. The van der Waals surface area contributed by atoms with Crippen LogP contribution in [0.25, 0.3) is 11.1 Å². The van der Waals surface area contributed by atoms with Crippen molar-refractivity contribution in [1.29, 1.82) is 0 Å². The van der Waals surface area contributed by atoms with Crippen molar-refractivity contribution >= 4 is 17.1 Å². The van der Waals surface area contributed by atoms with Gasteiger partial charge in [-0.3, -0.25) is 0 Å². The maximum absolute atomic E-state index is 11.9. The first-order chi connectivity index (χ1) is 8.35. The third kappa shape index (κ3) is 2.70. The van der Waals surface area contributed by atoms with Gasteiger partial charge < -0.3 is 14.3 Å². The lowest BCUT2D eigenvalue weighted by molar-refractivity contribution is -0.156. The Morgan fingerprint density at radius 3 is 2.78 bits per heavy atom. The van der Waals surface area contributed by atoms with Crippen LogP contribution in [-0.4, -0.2) is 28.8 Å². The van der Waals surface area contributed by atoms with Gasteiger partial charge in [-0.15, -0.1) is 0 Å². The number of rotatable bonds is 3. The molecule has 1 heterocycles. The maximum Gasteiger partial charge on any atom is 0.422 e. The van der Waals surface area contributed by atoms with Gasteiger partial charge in [-0.05, 0) is 18.2 Å². The fourth-order valence-electron chi connectivity index (χ4n) is 1.24. The van der Waals surface area contributed by atoms with Crippen LogP contribution in [0.3, 0.4) is 0 Å². The number of aromatic carboxylic acids is 1. The van der Waals surface area contributed by atoms with Crippen molar-refractivity contribution in [3.05, 3.63) is 23.8 Å². The summed E-state index contributed by atoms with van der Waals surface area (Å²) < 4.78 is 44.8. The van der Waals surface area contributed by atoms with Crippen LogP contribution in [0.2, 0.25) is 0 Å². The van der Waals surface area contributed by atoms with Crippen molar-refractivity contribution in [3.8, 4) is 6.08 Å². The Balaban J connectivity index is 2.24. The summed E-state index contributed by atoms with van der Waals surface area (Å²) in [5.41, 5.74) is 0.213. The Bertz CT molecular complexity index is 590. The second-order valence-corrected chi connectivity index (χ2v) is 3.37. The number of halogens is 3. The molecule has 0 aliphatic carbocycles. The van der Waals surface area contributed by atoms with E-state index >= 15 is 0 Å². The molecule has 5 nitrogen and oxygen atoms in total. The van der Waals surface area contributed by atoms with E-state index in [2.05, 4.69) is 9.72 Å². The Labute approximate surface area is 97.8 Å². The first-order valence-corrected chi connectivity index (χ1v) is 4.68. The molecular weight excluding hydrogens is 255 g/mol. The van der Waals surface area contributed by atoms with Crippen molar-refractivity contribution in [2.24, 2.45) is 0 Å². The summed E-state index contributed by atoms with van der Waals surface area (Å²) >= 11 is 0. The number of alkyl halides is 3. The van der Waals surface area contributed by atoms with E-state index in [1.807, 2.05) is 0 Å². The van der Waals surface area contributed by atoms with E-state index in [-0.39, 0.29) is 16.7 Å². The smallest absolute Gasteiger partial charge is 0.422 e. The zero-order chi connectivity index (χ0) is 13.3. The number of aromatic nitrogens is 1. The lowest BCUT2D eigenvalue weighted by Gasteiger charge is -2.04. The van der Waals surface area contributed by atoms with E-state index in [9.17, 15) is 18.0 Å². The molecule has 0 bridgehead atoms. The molecule has 0 saturated carbocycles. The minimum Gasteiger partial charge on any atom is -0.478 e. The van der Waals surface area contributed by atoms with Crippen molar-refractivity contribution in [1.82, 2.24) is 4.98 Å². The summed E-state index contributed by atoms with van der Waals surface area (Å²) in [6, 6.07) is 3.74. The van der Waals surface area contributed by atoms with E-state index in [4.69, 9.17) is 9.52 Å². The normalized spacial score (nSPS) is 11.7. The summed E-state index contributed by atoms with van der Waals surface area (Å²) in [6.45, 7) is -1.52. The van der Waals surface area contributed by atoms with E-state index in [0.717, 1.165) is 6.07 Å². The van der Waals surface area contributed by atoms with Gasteiger partial charge in [0.15, 0.2) is 12.2 Å². The third-order valence-electron chi connectivity index (χ3n) is 1.98. The van der Waals surface area contributed by atoms with Crippen LogP contribution >= 0.6 is 0 Å². The van der Waals surface area contributed by atoms with Crippen LogP contribution in [-0.2, 0) is 0 Å². The predicted molar refractivity (Wildman–Crippen MR) is 52.5 cm³/mol. The predicted octanol–water partition coefficient (Wildman–Crippen LogP) is 2.47. The van der Waals surface area contributed by atoms with Gasteiger partial charge in [0.25, 0.3) is 0 Å². The SMILES string of the molecule is O=C(O)c1ccc2nc(OCC(F)(F)F)oc2c1. The van der Waals surface area contributed by atoms with Crippen LogP contribution in [0.15, 0.2) is 22.6 Å². The Morgan fingerprint density at radius 2 is 2.17 bits per heavy atom. The largest absolute Gasteiger partial charge is 0.478 e. The number of carbonyl (C=O) groups is 1. The van der Waals surface area contributed by atoms with Crippen molar-refractivity contribution in [2.75, 3.05) is 6.61 Å². The zero-order valence-corrected chi connectivity index (χ0v) is 8.69. The van der Waals surface area contributed by atoms with Gasteiger partial charge in [0.2, 0.25) is 0 Å². The Kier molecular flexibility index (Phi) is 2.85. The number of oxazole rings is 1. The van der Waals surface area contributed by atoms with Crippen molar-refractivity contribution in [2.45, 2.75) is 6.18 Å². The van der Waals surface area contributed by atoms with E-state index in [1.54, 1.807) is 0 Å². The molecule has 1 aromatic carbocycles. The standard InChI is InChI=1S/C10H6F3NO4/c11-10(12,13)4-17-9-14-6-2-1-5(8(15)16)3-7(6)18-9/h1-3H,4H2,(H,15,16). The highest BCUT2D eigenvalue weighted by molar-refractivity contribution is 5.91. The number of carboxylic acid groups (broad SMARTS) is 1. The molecule has 0 amide bonds. The second-order valence-electron chi connectivity index (χ2n) is 3.37. The average molecular weight is 261 g/mol. The van der Waals surface area contributed by atoms with Crippen LogP contribution in [0, 0.1) is 0 Å². The molecule has 0 fully saturated rings. The Morgan fingerprint density at radius 1 is 1.44 bits per heavy atom. The lowest BCUT2D eigenvalue weighted by Crippen LogP contribution is -2.19. The summed E-state index contributed by atoms with van der Waals surface area (Å²) in [6.07, 6.45) is -5.04. The molecule has 2 aromatic rings. The van der Waals surface area contributed by atoms with Gasteiger partial charge in [-0.1, -0.05) is 0 Å². The number of carboxylic acids is 1. The number of hydrogen-bond acceptors (Lipinski definition) is 4. The van der Waals surface area contributed by atoms with Crippen LogP contribution in [0.5, 0.6) is 6.08 Å². The minimum absolute atomic E-state index is 0.0482. The topological polar surface area (TPSA) is 72.6 Å². The van der Waals surface area contributed by atoms with Gasteiger partial charge in [0.05, 0.1) is 5.56 Å². The molecule has 0 unspecified atom stereocenters. The monoisotopic (exact) mass is 261 g/mol. The first kappa shape index (κ1) is 12.2. The van der Waals surface area contributed by atoms with E-state index < -0.39 is 24.8 Å². The molecule has 0 aliphatic heterocycles. The number of benzene rings is 1. The van der Waals surface area contributed by atoms with E-state index in [1.165, 1.54) is 12.1 Å². The minimum atomic E-state index is -4.49. The fraction of sp³-hybridized carbons (Fsp3) is 0.200. The number of hydrogen-bond donors (Lipinski definition) is 1. The maximum atomic E-state index is 11.9. The molecule has 96 valence electrons. The first-order valence-electron chi connectivity index (χ1n) is 4.68. The molecule has 8 heteroatoms. The second kappa shape index (κ2) is 4.21. The molecule has 0 spiro atoms. The molecule has 0 saturated heterocycles. The molecular formula is C10H6F3NO4. The fourth-order valence-corrected chi connectivity index (χ4v) is 1.24. The molecule has 2 rings (SSSR count). The van der Waals surface area contributed by atoms with Crippen LogP contribution in [0.1, 0.15) is 10.4 Å². The number of ether oxygens (including phenoxy) is 1. The van der Waals surface area contributed by atoms with Crippen LogP contribution < -0.4 is 4.74 Å². The van der Waals surface area contributed by atoms with E-state index in [0.29, 0.717) is 0 Å².